The molecule has 258 valence electrons. The topological polar surface area (TPSA) is 128 Å². The number of hydrogen-bond acceptors (Lipinski definition) is 9. The Kier molecular flexibility index (Phi) is 10.6. The Morgan fingerprint density at radius 1 is 0.958 bits per heavy atom. The van der Waals surface area contributed by atoms with Crippen molar-refractivity contribution in [3.63, 3.8) is 0 Å². The lowest BCUT2D eigenvalue weighted by Crippen LogP contribution is -2.38. The number of halogens is 3. The molecule has 4 heterocycles. The lowest BCUT2D eigenvalue weighted by atomic mass is 10.1. The highest BCUT2D eigenvalue weighted by atomic mass is 19.4. The van der Waals surface area contributed by atoms with Gasteiger partial charge >= 0.3 is 18.3 Å². The molecule has 0 atom stereocenters. The zero-order chi connectivity index (χ0) is 34.4. The molecule has 1 saturated carbocycles. The monoisotopic (exact) mass is 670 g/mol. The van der Waals surface area contributed by atoms with Crippen LogP contribution < -0.4 is 20.1 Å². The first kappa shape index (κ1) is 34.7. The van der Waals surface area contributed by atoms with Gasteiger partial charge in [-0.05, 0) is 88.3 Å². The number of hydrogen-bond donors (Lipinski definition) is 2. The van der Waals surface area contributed by atoms with E-state index in [1.165, 1.54) is 0 Å². The number of benzene rings is 2. The van der Waals surface area contributed by atoms with Crippen LogP contribution >= 0.6 is 0 Å². The molecule has 11 nitrogen and oxygen atoms in total. The smallest absolute Gasteiger partial charge is 0.422 e. The van der Waals surface area contributed by atoms with Crippen molar-refractivity contribution in [2.45, 2.75) is 76.6 Å². The molecule has 4 aliphatic rings. The standard InChI is InChI=1S/C34H41F3N6O5/c1-32(2,3)48-31(45)43-18-5-4-17-38-28(44)24-9-7-23(8-10-24)21-27-39-29(41-30(40-27)47-22-34(35,36)37)42-33(15-16-33)25-11-13-26(14-12-25)46-20-6-19-43/h7-14H,4-6,15-22H2,1-3H3,(H,38,44)(H,39,40,41,42). The lowest BCUT2D eigenvalue weighted by Gasteiger charge is -2.27. The van der Waals surface area contributed by atoms with Crippen LogP contribution in [0.5, 0.6) is 11.8 Å². The van der Waals surface area contributed by atoms with Gasteiger partial charge in [0.05, 0.1) is 12.1 Å². The summed E-state index contributed by atoms with van der Waals surface area (Å²) < 4.78 is 55.4. The molecule has 3 aromatic rings. The van der Waals surface area contributed by atoms with Gasteiger partial charge in [-0.3, -0.25) is 4.79 Å². The van der Waals surface area contributed by atoms with Gasteiger partial charge in [0.15, 0.2) is 6.61 Å². The molecule has 6 bridgehead atoms. The number of rotatable bonds is 2. The maximum atomic E-state index is 13.0. The van der Waals surface area contributed by atoms with Gasteiger partial charge < -0.3 is 29.7 Å². The molecular formula is C34H41F3N6O5. The van der Waals surface area contributed by atoms with Gasteiger partial charge in [-0.25, -0.2) is 4.79 Å². The van der Waals surface area contributed by atoms with Crippen LogP contribution in [0.4, 0.5) is 23.9 Å². The molecule has 1 aliphatic carbocycles. The predicted molar refractivity (Wildman–Crippen MR) is 171 cm³/mol. The maximum Gasteiger partial charge on any atom is 0.422 e. The number of alkyl halides is 3. The van der Waals surface area contributed by atoms with Crippen molar-refractivity contribution >= 4 is 17.9 Å². The van der Waals surface area contributed by atoms with Crippen molar-refractivity contribution in [1.82, 2.24) is 25.2 Å². The first-order valence-corrected chi connectivity index (χ1v) is 16.1. The van der Waals surface area contributed by atoms with Gasteiger partial charge in [0.2, 0.25) is 5.95 Å². The Bertz CT molecular complexity index is 1560. The summed E-state index contributed by atoms with van der Waals surface area (Å²) in [5.74, 6) is 0.735. The highest BCUT2D eigenvalue weighted by Gasteiger charge is 2.45. The second-order valence-corrected chi connectivity index (χ2v) is 13.0. The first-order valence-electron chi connectivity index (χ1n) is 16.1. The van der Waals surface area contributed by atoms with Gasteiger partial charge in [-0.15, -0.1) is 0 Å². The van der Waals surface area contributed by atoms with Crippen LogP contribution in [-0.4, -0.2) is 76.5 Å². The van der Waals surface area contributed by atoms with Gasteiger partial charge in [-0.2, -0.15) is 28.1 Å². The van der Waals surface area contributed by atoms with Crippen LogP contribution in [0.1, 0.15) is 80.2 Å². The van der Waals surface area contributed by atoms with Crippen LogP contribution in [0, 0.1) is 0 Å². The molecule has 1 spiro atoms. The molecule has 1 fully saturated rings. The van der Waals surface area contributed by atoms with E-state index in [9.17, 15) is 22.8 Å². The fourth-order valence-electron chi connectivity index (χ4n) is 5.19. The van der Waals surface area contributed by atoms with Gasteiger partial charge in [0.25, 0.3) is 5.91 Å². The highest BCUT2D eigenvalue weighted by molar-refractivity contribution is 5.94. The molecule has 14 heteroatoms. The van der Waals surface area contributed by atoms with Crippen molar-refractivity contribution in [2.24, 2.45) is 0 Å². The summed E-state index contributed by atoms with van der Waals surface area (Å²) in [7, 11) is 0. The minimum atomic E-state index is -4.56. The van der Waals surface area contributed by atoms with Crippen molar-refractivity contribution in [3.8, 4) is 11.8 Å². The number of carbonyl (C=O) groups excluding carboxylic acids is 2. The molecule has 2 N–H and O–H groups in total. The van der Waals surface area contributed by atoms with Gasteiger partial charge in [0, 0.05) is 31.6 Å². The average molecular weight is 671 g/mol. The molecule has 3 aliphatic heterocycles. The van der Waals surface area contributed by atoms with Crippen LogP contribution in [-0.2, 0) is 16.7 Å². The summed E-state index contributed by atoms with van der Waals surface area (Å²) in [5.41, 5.74) is 1.01. The van der Waals surface area contributed by atoms with E-state index >= 15 is 0 Å². The number of carbonyl (C=O) groups is 2. The zero-order valence-electron chi connectivity index (χ0n) is 27.4. The quantitative estimate of drug-likeness (QED) is 0.336. The van der Waals surface area contributed by atoms with E-state index in [1.807, 2.05) is 45.0 Å². The maximum absolute atomic E-state index is 13.0. The molecule has 0 unspecified atom stereocenters. The van der Waals surface area contributed by atoms with Gasteiger partial charge in [0.1, 0.15) is 17.2 Å². The molecule has 0 radical (unpaired) electrons. The van der Waals surface area contributed by atoms with E-state index in [0.717, 1.165) is 24.0 Å². The summed E-state index contributed by atoms with van der Waals surface area (Å²) in [6, 6.07) is 14.0. The number of anilines is 1. The molecule has 7 rings (SSSR count). The summed E-state index contributed by atoms with van der Waals surface area (Å²) in [5, 5.41) is 6.21. The number of nitrogens with zero attached hydrogens (tertiary/aromatic N) is 4. The van der Waals surface area contributed by atoms with E-state index < -0.39 is 29.9 Å². The SMILES string of the molecule is CC(C)(C)OC(=O)N1CCCCNC(=O)c2ccc(cc2)Cc2nc(nc(OCC(F)(F)F)n2)NC2(CC2)c2ccc(cc2)OCCC1. The predicted octanol–water partition coefficient (Wildman–Crippen LogP) is 6.03. The van der Waals surface area contributed by atoms with Crippen LogP contribution in [0.2, 0.25) is 0 Å². The molecule has 2 aromatic carbocycles. The molecule has 0 saturated heterocycles. The number of nitrogens with one attached hydrogen (secondary N) is 2. The van der Waals surface area contributed by atoms with Gasteiger partial charge in [-0.1, -0.05) is 24.3 Å². The number of aromatic nitrogens is 3. The normalized spacial score (nSPS) is 17.4. The Morgan fingerprint density at radius 2 is 1.67 bits per heavy atom. The minimum absolute atomic E-state index is 0.103. The third-order valence-electron chi connectivity index (χ3n) is 7.75. The fourth-order valence-corrected chi connectivity index (χ4v) is 5.19. The zero-order valence-corrected chi connectivity index (χ0v) is 27.4. The number of amides is 2. The van der Waals surface area contributed by atoms with Crippen LogP contribution in [0.15, 0.2) is 48.5 Å². The fraction of sp³-hybridized carbons (Fsp3) is 0.500. The largest absolute Gasteiger partial charge is 0.494 e. The molecule has 1 aromatic heterocycles. The highest BCUT2D eigenvalue weighted by Crippen LogP contribution is 2.48. The third-order valence-corrected chi connectivity index (χ3v) is 7.75. The Hall–Kier alpha value is -4.62. The molecule has 2 amide bonds. The average Bonchev–Trinajstić information content (AvgIpc) is 3.80. The molecule has 48 heavy (non-hydrogen) atoms. The van der Waals surface area contributed by atoms with E-state index in [-0.39, 0.29) is 30.2 Å². The summed E-state index contributed by atoms with van der Waals surface area (Å²) in [6.07, 6.45) is -1.35. The Balaban J connectivity index is 1.37. The van der Waals surface area contributed by atoms with E-state index in [1.54, 1.807) is 29.2 Å². The van der Waals surface area contributed by atoms with Crippen molar-refractivity contribution in [1.29, 1.82) is 0 Å². The van der Waals surface area contributed by atoms with E-state index in [4.69, 9.17) is 14.2 Å². The van der Waals surface area contributed by atoms with Crippen molar-refractivity contribution in [2.75, 3.05) is 38.2 Å². The van der Waals surface area contributed by atoms with Crippen LogP contribution in [0.25, 0.3) is 0 Å². The summed E-state index contributed by atoms with van der Waals surface area (Å²) >= 11 is 0. The van der Waals surface area contributed by atoms with E-state index in [2.05, 4.69) is 25.6 Å². The number of ether oxygens (including phenoxy) is 3. The number of fused-ring (bicyclic) bond motifs is 2. The lowest BCUT2D eigenvalue weighted by molar-refractivity contribution is -0.154. The first-order chi connectivity index (χ1) is 22.8. The second-order valence-electron chi connectivity index (χ2n) is 13.0. The Morgan fingerprint density at radius 3 is 2.33 bits per heavy atom. The van der Waals surface area contributed by atoms with Crippen molar-refractivity contribution < 1.29 is 37.0 Å². The Labute approximate surface area is 277 Å². The summed E-state index contributed by atoms with van der Waals surface area (Å²) in [4.78, 5) is 40.1. The summed E-state index contributed by atoms with van der Waals surface area (Å²) in [6.45, 7) is 5.67. The van der Waals surface area contributed by atoms with Crippen molar-refractivity contribution in [3.05, 3.63) is 71.0 Å². The second kappa shape index (κ2) is 14.7. The molecular weight excluding hydrogens is 629 g/mol. The van der Waals surface area contributed by atoms with Crippen LogP contribution in [0.3, 0.4) is 0 Å². The minimum Gasteiger partial charge on any atom is -0.494 e. The third kappa shape index (κ3) is 10.2. The van der Waals surface area contributed by atoms with E-state index in [0.29, 0.717) is 56.8 Å².